The zero-order valence-electron chi connectivity index (χ0n) is 13.3. The van der Waals surface area contributed by atoms with Crippen LogP contribution in [0.5, 0.6) is 5.75 Å². The summed E-state index contributed by atoms with van der Waals surface area (Å²) in [4.78, 5) is 12.8. The van der Waals surface area contributed by atoms with E-state index in [2.05, 4.69) is 17.6 Å². The van der Waals surface area contributed by atoms with Gasteiger partial charge < -0.3 is 15.4 Å². The Morgan fingerprint density at radius 2 is 1.96 bits per heavy atom. The Kier molecular flexibility index (Phi) is 4.93. The minimum absolute atomic E-state index is 0.0321. The number of hydrogen-bond donors (Lipinski definition) is 2. The van der Waals surface area contributed by atoms with Crippen LogP contribution in [0.3, 0.4) is 0 Å². The molecule has 0 saturated carbocycles. The normalized spacial score (nSPS) is 16.3. The van der Waals surface area contributed by atoms with Crippen molar-refractivity contribution in [3.8, 4) is 5.75 Å². The molecule has 0 bridgehead atoms. The molecule has 0 spiro atoms. The molecule has 0 aliphatic carbocycles. The predicted molar refractivity (Wildman–Crippen MR) is 91.7 cm³/mol. The van der Waals surface area contributed by atoms with Gasteiger partial charge in [-0.15, -0.1) is 0 Å². The Balaban J connectivity index is 1.78. The van der Waals surface area contributed by atoms with Crippen LogP contribution in [-0.4, -0.2) is 19.1 Å². The molecule has 0 radical (unpaired) electrons. The number of benzene rings is 2. The first-order valence-electron chi connectivity index (χ1n) is 8.10. The summed E-state index contributed by atoms with van der Waals surface area (Å²) < 4.78 is 5.64. The van der Waals surface area contributed by atoms with Crippen LogP contribution in [0, 0.1) is 0 Å². The molecule has 4 nitrogen and oxygen atoms in total. The highest BCUT2D eigenvalue weighted by Gasteiger charge is 2.27. The maximum atomic E-state index is 12.8. The lowest BCUT2D eigenvalue weighted by molar-refractivity contribution is -0.118. The zero-order valence-corrected chi connectivity index (χ0v) is 13.3. The Labute approximate surface area is 136 Å². The monoisotopic (exact) mass is 310 g/mol. The van der Waals surface area contributed by atoms with Crippen molar-refractivity contribution in [3.63, 3.8) is 0 Å². The maximum absolute atomic E-state index is 12.8. The largest absolute Gasteiger partial charge is 0.493 e. The van der Waals surface area contributed by atoms with Gasteiger partial charge >= 0.3 is 0 Å². The van der Waals surface area contributed by atoms with E-state index in [1.54, 1.807) is 0 Å². The second-order valence-electron chi connectivity index (χ2n) is 5.65. The Morgan fingerprint density at radius 1 is 1.17 bits per heavy atom. The van der Waals surface area contributed by atoms with E-state index in [1.807, 2.05) is 48.5 Å². The van der Waals surface area contributed by atoms with Crippen molar-refractivity contribution in [2.24, 2.45) is 0 Å². The number of rotatable bonds is 5. The highest BCUT2D eigenvalue weighted by molar-refractivity contribution is 5.97. The van der Waals surface area contributed by atoms with Crippen molar-refractivity contribution < 1.29 is 9.53 Å². The lowest BCUT2D eigenvalue weighted by atomic mass is 9.92. The van der Waals surface area contributed by atoms with E-state index in [0.29, 0.717) is 13.0 Å². The summed E-state index contributed by atoms with van der Waals surface area (Å²) >= 11 is 0. The summed E-state index contributed by atoms with van der Waals surface area (Å²) in [5.41, 5.74) is 2.95. The van der Waals surface area contributed by atoms with E-state index >= 15 is 0 Å². The molecule has 1 aliphatic rings. The number of hydrogen-bond acceptors (Lipinski definition) is 3. The summed E-state index contributed by atoms with van der Waals surface area (Å²) in [6, 6.07) is 15.7. The van der Waals surface area contributed by atoms with Crippen LogP contribution in [0.25, 0.3) is 0 Å². The van der Waals surface area contributed by atoms with E-state index in [9.17, 15) is 4.79 Å². The molecule has 0 aromatic heterocycles. The highest BCUT2D eigenvalue weighted by atomic mass is 16.5. The molecule has 0 fully saturated rings. The van der Waals surface area contributed by atoms with Gasteiger partial charge in [0.25, 0.3) is 0 Å². The fraction of sp³-hybridized carbons (Fsp3) is 0.316. The number of carbonyl (C=O) groups excluding carboxylic acids is 1. The molecule has 2 aromatic carbocycles. The summed E-state index contributed by atoms with van der Waals surface area (Å²) in [5, 5.41) is 6.40. The molecule has 3 rings (SSSR count). The van der Waals surface area contributed by atoms with Gasteiger partial charge in [-0.1, -0.05) is 43.3 Å². The van der Waals surface area contributed by atoms with Gasteiger partial charge in [0.2, 0.25) is 5.91 Å². The molecule has 2 aromatic rings. The van der Waals surface area contributed by atoms with Crippen molar-refractivity contribution in [2.45, 2.75) is 25.8 Å². The number of nitrogens with one attached hydrogen (secondary N) is 2. The second kappa shape index (κ2) is 7.29. The summed E-state index contributed by atoms with van der Waals surface area (Å²) in [6.07, 6.45) is 0.707. The Hall–Kier alpha value is -2.33. The molecule has 0 saturated heterocycles. The van der Waals surface area contributed by atoms with Gasteiger partial charge in [-0.25, -0.2) is 0 Å². The molecular weight excluding hydrogens is 288 g/mol. The third-order valence-corrected chi connectivity index (χ3v) is 4.12. The zero-order chi connectivity index (χ0) is 16.1. The fourth-order valence-corrected chi connectivity index (χ4v) is 2.89. The number of fused-ring (bicyclic) bond motifs is 1. The third kappa shape index (κ3) is 3.54. The third-order valence-electron chi connectivity index (χ3n) is 4.12. The van der Waals surface area contributed by atoms with Crippen LogP contribution < -0.4 is 15.4 Å². The fourth-order valence-electron chi connectivity index (χ4n) is 2.89. The van der Waals surface area contributed by atoms with Crippen LogP contribution >= 0.6 is 0 Å². The lowest BCUT2D eigenvalue weighted by Gasteiger charge is -2.25. The van der Waals surface area contributed by atoms with E-state index in [4.69, 9.17) is 4.74 Å². The molecule has 1 amide bonds. The maximum Gasteiger partial charge on any atom is 0.232 e. The first kappa shape index (κ1) is 15.6. The Morgan fingerprint density at radius 3 is 2.83 bits per heavy atom. The van der Waals surface area contributed by atoms with Gasteiger partial charge in [-0.05, 0) is 30.7 Å². The second-order valence-corrected chi connectivity index (χ2v) is 5.65. The number of ether oxygens (including phenoxy) is 1. The van der Waals surface area contributed by atoms with Crippen molar-refractivity contribution >= 4 is 11.6 Å². The van der Waals surface area contributed by atoms with E-state index < -0.39 is 0 Å². The van der Waals surface area contributed by atoms with E-state index in [0.717, 1.165) is 35.7 Å². The number of amides is 1. The van der Waals surface area contributed by atoms with Crippen molar-refractivity contribution in [2.75, 3.05) is 18.5 Å². The van der Waals surface area contributed by atoms with Gasteiger partial charge in [0.05, 0.1) is 12.5 Å². The molecule has 0 unspecified atom stereocenters. The standard InChI is InChI=1S/C19H22N2O2/c1-2-20-13-14-7-3-5-9-17(14)21-19(22)16-11-12-23-18-10-6-4-8-15(16)18/h3-10,16,20H,2,11-13H2,1H3,(H,21,22)/t16-/m1/s1. The van der Waals surface area contributed by atoms with Crippen molar-refractivity contribution in [3.05, 3.63) is 59.7 Å². The molecule has 1 heterocycles. The minimum atomic E-state index is -0.160. The lowest BCUT2D eigenvalue weighted by Crippen LogP contribution is -2.27. The minimum Gasteiger partial charge on any atom is -0.493 e. The van der Waals surface area contributed by atoms with Crippen molar-refractivity contribution in [1.29, 1.82) is 0 Å². The number of anilines is 1. The van der Waals surface area contributed by atoms with E-state index in [-0.39, 0.29) is 11.8 Å². The number of carbonyl (C=O) groups is 1. The van der Waals surface area contributed by atoms with Crippen LogP contribution in [0.15, 0.2) is 48.5 Å². The van der Waals surface area contributed by atoms with Gasteiger partial charge in [-0.3, -0.25) is 4.79 Å². The molecule has 120 valence electrons. The molecule has 4 heteroatoms. The molecule has 1 aliphatic heterocycles. The number of para-hydroxylation sites is 2. The summed E-state index contributed by atoms with van der Waals surface area (Å²) in [6.45, 7) is 4.29. The van der Waals surface area contributed by atoms with Crippen molar-refractivity contribution in [1.82, 2.24) is 5.32 Å². The Bertz CT molecular complexity index is 685. The molecule has 1 atom stereocenters. The van der Waals surface area contributed by atoms with Crippen LogP contribution in [0.1, 0.15) is 30.4 Å². The van der Waals surface area contributed by atoms with Crippen LogP contribution in [0.4, 0.5) is 5.69 Å². The SMILES string of the molecule is CCNCc1ccccc1NC(=O)[C@@H]1CCOc2ccccc21. The predicted octanol–water partition coefficient (Wildman–Crippen LogP) is 3.30. The van der Waals surface area contributed by atoms with Crippen LogP contribution in [-0.2, 0) is 11.3 Å². The van der Waals surface area contributed by atoms with Gasteiger partial charge in [-0.2, -0.15) is 0 Å². The smallest absolute Gasteiger partial charge is 0.232 e. The highest BCUT2D eigenvalue weighted by Crippen LogP contribution is 2.34. The van der Waals surface area contributed by atoms with Gasteiger partial charge in [0.15, 0.2) is 0 Å². The molecule has 23 heavy (non-hydrogen) atoms. The van der Waals surface area contributed by atoms with Gasteiger partial charge in [0.1, 0.15) is 5.75 Å². The first-order valence-corrected chi connectivity index (χ1v) is 8.10. The van der Waals surface area contributed by atoms with E-state index in [1.165, 1.54) is 0 Å². The summed E-state index contributed by atoms with van der Waals surface area (Å²) in [5.74, 6) is 0.691. The van der Waals surface area contributed by atoms with Gasteiger partial charge in [0, 0.05) is 17.8 Å². The first-order chi connectivity index (χ1) is 11.3. The average Bonchev–Trinajstić information content (AvgIpc) is 2.60. The topological polar surface area (TPSA) is 50.4 Å². The van der Waals surface area contributed by atoms with Crippen LogP contribution in [0.2, 0.25) is 0 Å². The molecule has 2 N–H and O–H groups in total. The quantitative estimate of drug-likeness (QED) is 0.891. The molecular formula is C19H22N2O2. The summed E-state index contributed by atoms with van der Waals surface area (Å²) in [7, 11) is 0. The average molecular weight is 310 g/mol.